The largest absolute Gasteiger partial charge is 0.493 e. The van der Waals surface area contributed by atoms with Gasteiger partial charge in [-0.1, -0.05) is 6.92 Å². The van der Waals surface area contributed by atoms with Crippen molar-refractivity contribution in [2.24, 2.45) is 0 Å². The SMILES string of the molecule is CCc1cc(O)n(C(C)(C)C)n1. The molecule has 0 saturated heterocycles. The van der Waals surface area contributed by atoms with E-state index in [1.807, 2.05) is 27.7 Å². The van der Waals surface area contributed by atoms with Gasteiger partial charge in [0.05, 0.1) is 11.2 Å². The van der Waals surface area contributed by atoms with Gasteiger partial charge in [0.1, 0.15) is 0 Å². The van der Waals surface area contributed by atoms with Crippen LogP contribution in [0.15, 0.2) is 6.07 Å². The maximum absolute atomic E-state index is 9.50. The molecule has 0 aliphatic carbocycles. The molecule has 0 unspecified atom stereocenters. The molecule has 0 saturated carbocycles. The Balaban J connectivity index is 3.08. The average Bonchev–Trinajstić information content (AvgIpc) is 2.29. The van der Waals surface area contributed by atoms with Gasteiger partial charge < -0.3 is 5.11 Å². The lowest BCUT2D eigenvalue weighted by Gasteiger charge is -2.19. The van der Waals surface area contributed by atoms with E-state index in [-0.39, 0.29) is 11.4 Å². The molecule has 0 aromatic carbocycles. The summed E-state index contributed by atoms with van der Waals surface area (Å²) in [7, 11) is 0. The third-order valence-corrected chi connectivity index (χ3v) is 1.74. The first-order valence-electron chi connectivity index (χ1n) is 4.23. The van der Waals surface area contributed by atoms with Gasteiger partial charge in [-0.2, -0.15) is 5.10 Å². The van der Waals surface area contributed by atoms with E-state index in [2.05, 4.69) is 5.10 Å². The zero-order valence-electron chi connectivity index (χ0n) is 8.13. The predicted molar refractivity (Wildman–Crippen MR) is 48.3 cm³/mol. The minimum atomic E-state index is -0.141. The van der Waals surface area contributed by atoms with E-state index in [0.717, 1.165) is 12.1 Å². The minimum Gasteiger partial charge on any atom is -0.493 e. The summed E-state index contributed by atoms with van der Waals surface area (Å²) in [5.74, 6) is 0.249. The van der Waals surface area contributed by atoms with Gasteiger partial charge in [0.25, 0.3) is 0 Å². The standard InChI is InChI=1S/C9H16N2O/c1-5-7-6-8(12)11(10-7)9(2,3)4/h6,12H,5H2,1-4H3. The third kappa shape index (κ3) is 1.60. The normalized spacial score (nSPS) is 12.0. The summed E-state index contributed by atoms with van der Waals surface area (Å²) in [6.07, 6.45) is 0.858. The number of nitrogens with zero attached hydrogens (tertiary/aromatic N) is 2. The van der Waals surface area contributed by atoms with Crippen molar-refractivity contribution < 1.29 is 5.11 Å². The van der Waals surface area contributed by atoms with Gasteiger partial charge in [-0.3, -0.25) is 0 Å². The Morgan fingerprint density at radius 3 is 2.33 bits per heavy atom. The molecular weight excluding hydrogens is 152 g/mol. The van der Waals surface area contributed by atoms with E-state index in [1.165, 1.54) is 0 Å². The molecule has 0 amide bonds. The molecule has 3 heteroatoms. The number of hydrogen-bond donors (Lipinski definition) is 1. The summed E-state index contributed by atoms with van der Waals surface area (Å²) in [4.78, 5) is 0. The molecule has 0 atom stereocenters. The molecule has 0 fully saturated rings. The third-order valence-electron chi connectivity index (χ3n) is 1.74. The van der Waals surface area contributed by atoms with E-state index in [1.54, 1.807) is 10.7 Å². The molecule has 1 N–H and O–H groups in total. The number of hydrogen-bond acceptors (Lipinski definition) is 2. The zero-order valence-corrected chi connectivity index (χ0v) is 8.13. The molecule has 1 heterocycles. The van der Waals surface area contributed by atoms with Crippen molar-refractivity contribution in [1.82, 2.24) is 9.78 Å². The fourth-order valence-corrected chi connectivity index (χ4v) is 1.09. The molecule has 0 aliphatic rings. The summed E-state index contributed by atoms with van der Waals surface area (Å²) in [6.45, 7) is 8.06. The van der Waals surface area contributed by atoms with Crippen LogP contribution in [-0.2, 0) is 12.0 Å². The molecule has 12 heavy (non-hydrogen) atoms. The Kier molecular flexibility index (Phi) is 2.13. The van der Waals surface area contributed by atoms with Crippen LogP contribution in [0.2, 0.25) is 0 Å². The van der Waals surface area contributed by atoms with Gasteiger partial charge >= 0.3 is 0 Å². The Morgan fingerprint density at radius 1 is 1.50 bits per heavy atom. The Labute approximate surface area is 73.0 Å². The van der Waals surface area contributed by atoms with Crippen LogP contribution in [0, 0.1) is 0 Å². The first kappa shape index (κ1) is 9.10. The number of rotatable bonds is 1. The molecule has 0 radical (unpaired) electrons. The number of aryl methyl sites for hydroxylation is 1. The summed E-state index contributed by atoms with van der Waals surface area (Å²) in [5, 5.41) is 13.8. The van der Waals surface area contributed by atoms with Crippen molar-refractivity contribution in [2.45, 2.75) is 39.7 Å². The van der Waals surface area contributed by atoms with E-state index < -0.39 is 0 Å². The quantitative estimate of drug-likeness (QED) is 0.695. The fourth-order valence-electron chi connectivity index (χ4n) is 1.09. The van der Waals surface area contributed by atoms with Crippen molar-refractivity contribution in [3.8, 4) is 5.88 Å². The highest BCUT2D eigenvalue weighted by molar-refractivity contribution is 5.15. The van der Waals surface area contributed by atoms with Gasteiger partial charge in [-0.15, -0.1) is 0 Å². The molecule has 3 nitrogen and oxygen atoms in total. The Bertz CT molecular complexity index is 271. The number of aromatic nitrogens is 2. The molecule has 0 bridgehead atoms. The van der Waals surface area contributed by atoms with Crippen molar-refractivity contribution in [3.63, 3.8) is 0 Å². The van der Waals surface area contributed by atoms with Crippen molar-refractivity contribution in [3.05, 3.63) is 11.8 Å². The molecule has 0 aliphatic heterocycles. The highest BCUT2D eigenvalue weighted by Gasteiger charge is 2.18. The highest BCUT2D eigenvalue weighted by atomic mass is 16.3. The summed E-state index contributed by atoms with van der Waals surface area (Å²) < 4.78 is 1.64. The molecule has 1 aromatic heterocycles. The summed E-state index contributed by atoms with van der Waals surface area (Å²) in [5.41, 5.74) is 0.791. The minimum absolute atomic E-state index is 0.141. The lowest BCUT2D eigenvalue weighted by molar-refractivity contribution is 0.294. The van der Waals surface area contributed by atoms with Crippen molar-refractivity contribution >= 4 is 0 Å². The second-order valence-corrected chi connectivity index (χ2v) is 3.93. The second-order valence-electron chi connectivity index (χ2n) is 3.93. The van der Waals surface area contributed by atoms with Crippen LogP contribution in [-0.4, -0.2) is 14.9 Å². The van der Waals surface area contributed by atoms with E-state index in [4.69, 9.17) is 0 Å². The van der Waals surface area contributed by atoms with Crippen LogP contribution < -0.4 is 0 Å². The topological polar surface area (TPSA) is 38.0 Å². The lowest BCUT2D eigenvalue weighted by Crippen LogP contribution is -2.22. The predicted octanol–water partition coefficient (Wildman–Crippen LogP) is 1.91. The van der Waals surface area contributed by atoms with Crippen LogP contribution >= 0.6 is 0 Å². The first-order chi connectivity index (χ1) is 5.45. The molecule has 1 rings (SSSR count). The van der Waals surface area contributed by atoms with Gasteiger partial charge in [-0.05, 0) is 27.2 Å². The van der Waals surface area contributed by atoms with Crippen molar-refractivity contribution in [2.75, 3.05) is 0 Å². The van der Waals surface area contributed by atoms with E-state index >= 15 is 0 Å². The number of aromatic hydroxyl groups is 1. The smallest absolute Gasteiger partial charge is 0.209 e. The molecule has 0 spiro atoms. The van der Waals surface area contributed by atoms with Crippen LogP contribution in [0.1, 0.15) is 33.4 Å². The van der Waals surface area contributed by atoms with Crippen LogP contribution in [0.3, 0.4) is 0 Å². The van der Waals surface area contributed by atoms with Crippen LogP contribution in [0.4, 0.5) is 0 Å². The maximum atomic E-state index is 9.50. The lowest BCUT2D eigenvalue weighted by atomic mass is 10.1. The van der Waals surface area contributed by atoms with Gasteiger partial charge in [0.2, 0.25) is 5.88 Å². The Hall–Kier alpha value is -0.990. The van der Waals surface area contributed by atoms with Crippen LogP contribution in [0.25, 0.3) is 0 Å². The monoisotopic (exact) mass is 168 g/mol. The van der Waals surface area contributed by atoms with Gasteiger partial charge in [0, 0.05) is 6.07 Å². The van der Waals surface area contributed by atoms with Crippen molar-refractivity contribution in [1.29, 1.82) is 0 Å². The average molecular weight is 168 g/mol. The molecule has 68 valence electrons. The Morgan fingerprint density at radius 2 is 2.08 bits per heavy atom. The fraction of sp³-hybridized carbons (Fsp3) is 0.667. The summed E-state index contributed by atoms with van der Waals surface area (Å²) >= 11 is 0. The second kappa shape index (κ2) is 2.81. The van der Waals surface area contributed by atoms with E-state index in [0.29, 0.717) is 0 Å². The zero-order chi connectivity index (χ0) is 9.35. The van der Waals surface area contributed by atoms with Crippen LogP contribution in [0.5, 0.6) is 5.88 Å². The molecule has 1 aromatic rings. The highest BCUT2D eigenvalue weighted by Crippen LogP contribution is 2.21. The molecular formula is C9H16N2O. The van der Waals surface area contributed by atoms with Gasteiger partial charge in [-0.25, -0.2) is 4.68 Å². The van der Waals surface area contributed by atoms with E-state index in [9.17, 15) is 5.11 Å². The summed E-state index contributed by atoms with van der Waals surface area (Å²) in [6, 6.07) is 1.71. The first-order valence-corrected chi connectivity index (χ1v) is 4.23. The van der Waals surface area contributed by atoms with Gasteiger partial charge in [0.15, 0.2) is 0 Å². The maximum Gasteiger partial charge on any atom is 0.209 e.